The number of nitrogens with one attached hydrogen (secondary N) is 2. The Kier molecular flexibility index (Phi) is 5.84. The number of aromatic nitrogens is 2. The van der Waals surface area contributed by atoms with E-state index in [1.165, 1.54) is 5.56 Å². The van der Waals surface area contributed by atoms with Crippen LogP contribution in [0.5, 0.6) is 5.75 Å². The molecule has 2 heterocycles. The van der Waals surface area contributed by atoms with Crippen LogP contribution in [0.1, 0.15) is 54.1 Å². The molecule has 1 fully saturated rings. The van der Waals surface area contributed by atoms with Crippen LogP contribution in [0.2, 0.25) is 0 Å². The van der Waals surface area contributed by atoms with E-state index in [1.807, 2.05) is 18.2 Å². The lowest BCUT2D eigenvalue weighted by atomic mass is 9.91. The zero-order chi connectivity index (χ0) is 25.6. The normalized spacial score (nSPS) is 20.2. The van der Waals surface area contributed by atoms with Gasteiger partial charge < -0.3 is 10.1 Å². The first-order valence-electron chi connectivity index (χ1n) is 13.0. The molecule has 2 N–H and O–H groups in total. The Labute approximate surface area is 217 Å². The Morgan fingerprint density at radius 1 is 1.05 bits per heavy atom. The van der Waals surface area contributed by atoms with Gasteiger partial charge in [0, 0.05) is 23.5 Å². The molecule has 1 amide bonds. The number of rotatable bonds is 8. The molecule has 37 heavy (non-hydrogen) atoms. The van der Waals surface area contributed by atoms with Crippen molar-refractivity contribution in [1.29, 1.82) is 0 Å². The molecule has 1 aliphatic heterocycles. The Balaban J connectivity index is 1.21. The summed E-state index contributed by atoms with van der Waals surface area (Å²) in [5.41, 5.74) is 6.96. The summed E-state index contributed by atoms with van der Waals surface area (Å²) in [4.78, 5) is 15.4. The van der Waals surface area contributed by atoms with Gasteiger partial charge in [0.2, 0.25) is 5.91 Å². The van der Waals surface area contributed by atoms with Crippen LogP contribution >= 0.6 is 0 Å². The van der Waals surface area contributed by atoms with E-state index in [9.17, 15) is 4.79 Å². The van der Waals surface area contributed by atoms with Crippen molar-refractivity contribution in [2.75, 3.05) is 25.5 Å². The summed E-state index contributed by atoms with van der Waals surface area (Å²) in [7, 11) is 1.66. The van der Waals surface area contributed by atoms with Crippen molar-refractivity contribution >= 4 is 34.6 Å². The summed E-state index contributed by atoms with van der Waals surface area (Å²) >= 11 is 0. The highest BCUT2D eigenvalue weighted by atomic mass is 16.5. The summed E-state index contributed by atoms with van der Waals surface area (Å²) in [5.74, 6) is 0.999. The van der Waals surface area contributed by atoms with Crippen LogP contribution in [0.15, 0.2) is 60.7 Å². The summed E-state index contributed by atoms with van der Waals surface area (Å²) in [6.07, 6.45) is 4.97. The number of anilines is 1. The fourth-order valence-corrected chi connectivity index (χ4v) is 5.72. The molecule has 4 aromatic rings. The Hall–Kier alpha value is -3.90. The first-order chi connectivity index (χ1) is 18.0. The number of ether oxygens (including phenoxy) is 1. The molecule has 0 bridgehead atoms. The highest BCUT2D eigenvalue weighted by molar-refractivity contribution is 6.10. The summed E-state index contributed by atoms with van der Waals surface area (Å²) in [6.45, 7) is 7.49. The molecule has 188 valence electrons. The maximum atomic E-state index is 13.0. The first-order valence-corrected chi connectivity index (χ1v) is 13.0. The minimum atomic E-state index is -0.502. The number of benzene rings is 3. The van der Waals surface area contributed by atoms with Gasteiger partial charge in [-0.15, -0.1) is 0 Å². The van der Waals surface area contributed by atoms with E-state index < -0.39 is 5.41 Å². The molecule has 2 aliphatic rings. The van der Waals surface area contributed by atoms with Crippen molar-refractivity contribution in [2.45, 2.75) is 38.1 Å². The molecule has 1 spiro atoms. The second-order valence-electron chi connectivity index (χ2n) is 10.0. The maximum Gasteiger partial charge on any atom is 0.235 e. The van der Waals surface area contributed by atoms with Gasteiger partial charge in [-0.05, 0) is 72.1 Å². The van der Waals surface area contributed by atoms with Crippen molar-refractivity contribution < 1.29 is 9.53 Å². The van der Waals surface area contributed by atoms with Crippen molar-refractivity contribution in [3.63, 3.8) is 0 Å². The van der Waals surface area contributed by atoms with Gasteiger partial charge in [0.25, 0.3) is 0 Å². The predicted molar refractivity (Wildman–Crippen MR) is 149 cm³/mol. The molecule has 6 heteroatoms. The molecule has 0 radical (unpaired) electrons. The molecule has 1 aliphatic carbocycles. The van der Waals surface area contributed by atoms with E-state index >= 15 is 0 Å². The van der Waals surface area contributed by atoms with Gasteiger partial charge in [0.05, 0.1) is 23.7 Å². The molecule has 3 aromatic carbocycles. The molecule has 1 aromatic heterocycles. The fraction of sp³-hybridized carbons (Fsp3) is 0.290. The minimum Gasteiger partial charge on any atom is -0.497 e. The molecule has 0 unspecified atom stereocenters. The highest BCUT2D eigenvalue weighted by Crippen LogP contribution is 2.65. The third kappa shape index (κ3) is 4.02. The third-order valence-corrected chi connectivity index (χ3v) is 8.05. The van der Waals surface area contributed by atoms with E-state index in [-0.39, 0.29) is 11.8 Å². The molecule has 2 atom stereocenters. The quantitative estimate of drug-likeness (QED) is 0.318. The summed E-state index contributed by atoms with van der Waals surface area (Å²) in [6, 6.07) is 21.0. The first kappa shape index (κ1) is 23.5. The van der Waals surface area contributed by atoms with Crippen LogP contribution in [0.4, 0.5) is 5.69 Å². The Morgan fingerprint density at radius 3 is 2.62 bits per heavy atom. The number of methoxy groups -OCH3 is 1. The van der Waals surface area contributed by atoms with Gasteiger partial charge in [0.1, 0.15) is 5.75 Å². The van der Waals surface area contributed by atoms with Crippen LogP contribution in [0.3, 0.4) is 0 Å². The minimum absolute atomic E-state index is 0.0807. The lowest BCUT2D eigenvalue weighted by Crippen LogP contribution is -2.21. The van der Waals surface area contributed by atoms with Gasteiger partial charge in [0.15, 0.2) is 0 Å². The van der Waals surface area contributed by atoms with Gasteiger partial charge in [-0.2, -0.15) is 5.10 Å². The van der Waals surface area contributed by atoms with Gasteiger partial charge in [-0.3, -0.25) is 14.8 Å². The number of amides is 1. The number of fused-ring (bicyclic) bond motifs is 3. The van der Waals surface area contributed by atoms with E-state index in [0.29, 0.717) is 0 Å². The average molecular weight is 493 g/mol. The summed E-state index contributed by atoms with van der Waals surface area (Å²) in [5, 5.41) is 11.9. The largest absolute Gasteiger partial charge is 0.497 e. The van der Waals surface area contributed by atoms with Crippen molar-refractivity contribution in [3.05, 3.63) is 88.6 Å². The Bertz CT molecular complexity index is 1500. The number of carbonyl (C=O) groups is 1. The predicted octanol–water partition coefficient (Wildman–Crippen LogP) is 5.96. The van der Waals surface area contributed by atoms with E-state index in [0.717, 1.165) is 70.8 Å². The second-order valence-corrected chi connectivity index (χ2v) is 10.0. The fourth-order valence-electron chi connectivity index (χ4n) is 5.72. The number of aromatic amines is 1. The third-order valence-electron chi connectivity index (χ3n) is 8.05. The monoisotopic (exact) mass is 492 g/mol. The van der Waals surface area contributed by atoms with E-state index in [2.05, 4.69) is 88.9 Å². The van der Waals surface area contributed by atoms with Crippen LogP contribution < -0.4 is 10.1 Å². The van der Waals surface area contributed by atoms with E-state index in [1.54, 1.807) is 7.11 Å². The number of hydrogen-bond donors (Lipinski definition) is 2. The molecular weight excluding hydrogens is 460 g/mol. The smallest absolute Gasteiger partial charge is 0.235 e. The van der Waals surface area contributed by atoms with Crippen LogP contribution in [0.25, 0.3) is 23.1 Å². The lowest BCUT2D eigenvalue weighted by Gasteiger charge is -2.17. The van der Waals surface area contributed by atoms with Crippen molar-refractivity contribution in [1.82, 2.24) is 15.1 Å². The lowest BCUT2D eigenvalue weighted by molar-refractivity contribution is -0.118. The zero-order valence-electron chi connectivity index (χ0n) is 21.5. The topological polar surface area (TPSA) is 70.2 Å². The molecule has 1 saturated carbocycles. The highest BCUT2D eigenvalue weighted by Gasteiger charge is 2.65. The van der Waals surface area contributed by atoms with Crippen molar-refractivity contribution in [2.24, 2.45) is 0 Å². The Morgan fingerprint density at radius 2 is 1.86 bits per heavy atom. The van der Waals surface area contributed by atoms with Crippen LogP contribution in [-0.4, -0.2) is 41.2 Å². The molecular formula is C31H32N4O2. The molecule has 0 saturated heterocycles. The zero-order valence-corrected chi connectivity index (χ0v) is 21.5. The standard InChI is InChI=1S/C31H32N4O2/c1-4-35(5-2)19-21-8-6-20(7-9-21)10-14-27-24-13-11-22(16-29(24)34-33-27)26-18-31(26)25-17-23(37-3)12-15-28(25)32-30(31)36/h6-17,26H,4-5,18-19H2,1-3H3,(H,32,36)(H,33,34)/t26-,31-/m0/s1. The average Bonchev–Trinajstić information content (AvgIpc) is 3.47. The van der Waals surface area contributed by atoms with Gasteiger partial charge in [-0.25, -0.2) is 0 Å². The number of carbonyl (C=O) groups excluding carboxylic acids is 1. The second kappa shape index (κ2) is 9.20. The van der Waals surface area contributed by atoms with E-state index in [4.69, 9.17) is 4.74 Å². The van der Waals surface area contributed by atoms with Crippen LogP contribution in [0, 0.1) is 0 Å². The van der Waals surface area contributed by atoms with Gasteiger partial charge >= 0.3 is 0 Å². The number of hydrogen-bond acceptors (Lipinski definition) is 4. The number of nitrogens with zero attached hydrogens (tertiary/aromatic N) is 2. The van der Waals surface area contributed by atoms with Crippen LogP contribution in [-0.2, 0) is 16.8 Å². The molecule has 6 rings (SSSR count). The molecule has 6 nitrogen and oxygen atoms in total. The van der Waals surface area contributed by atoms with Crippen molar-refractivity contribution in [3.8, 4) is 5.75 Å². The number of H-pyrrole nitrogens is 1. The SMILES string of the molecule is CCN(CC)Cc1ccc(C=Cc2n[nH]c3cc([C@@H]4C[C@@]45C(=O)Nc4ccc(OC)cc45)ccc23)cc1. The maximum absolute atomic E-state index is 13.0. The van der Waals surface area contributed by atoms with Gasteiger partial charge in [-0.1, -0.05) is 56.3 Å². The summed E-state index contributed by atoms with van der Waals surface area (Å²) < 4.78 is 5.42.